The predicted octanol–water partition coefficient (Wildman–Crippen LogP) is 12.5. The molecule has 0 rings (SSSR count). The van der Waals surface area contributed by atoms with Crippen molar-refractivity contribution >= 4 is 39.5 Å². The van der Waals surface area contributed by atoms with Gasteiger partial charge in [0.1, 0.15) is 19.3 Å². The molecule has 17 nitrogen and oxygen atoms in total. The van der Waals surface area contributed by atoms with Crippen molar-refractivity contribution in [3.63, 3.8) is 0 Å². The molecule has 0 aromatic carbocycles. The van der Waals surface area contributed by atoms with Crippen LogP contribution in [0.3, 0.4) is 0 Å². The quantitative estimate of drug-likeness (QED) is 0.0222. The van der Waals surface area contributed by atoms with Gasteiger partial charge in [0.2, 0.25) is 0 Å². The molecule has 19 heteroatoms. The van der Waals surface area contributed by atoms with Gasteiger partial charge in [0, 0.05) is 25.7 Å². The minimum Gasteiger partial charge on any atom is -0.462 e. The molecular weight excluding hydrogens is 934 g/mol. The maximum absolute atomic E-state index is 12.7. The van der Waals surface area contributed by atoms with E-state index in [1.165, 1.54) is 89.9 Å². The van der Waals surface area contributed by atoms with Gasteiger partial charge in [-0.2, -0.15) is 0 Å². The van der Waals surface area contributed by atoms with Gasteiger partial charge in [-0.15, -0.1) is 0 Å². The van der Waals surface area contributed by atoms with Crippen molar-refractivity contribution in [3.8, 4) is 0 Å². The lowest BCUT2D eigenvalue weighted by Crippen LogP contribution is -2.30. The molecule has 2 unspecified atom stereocenters. The summed E-state index contributed by atoms with van der Waals surface area (Å²) in [7, 11) is -9.82. The zero-order valence-corrected chi connectivity index (χ0v) is 45.0. The molecule has 0 amide bonds. The van der Waals surface area contributed by atoms with Crippen LogP contribution >= 0.6 is 15.6 Å². The first-order chi connectivity index (χ1) is 33.2. The number of rotatable bonds is 51. The monoisotopic (exact) mass is 1030 g/mol. The summed E-state index contributed by atoms with van der Waals surface area (Å²) in [4.78, 5) is 70.3. The van der Waals surface area contributed by atoms with Crippen molar-refractivity contribution in [1.29, 1.82) is 0 Å². The largest absolute Gasteiger partial charge is 0.472 e. The molecule has 0 aromatic heterocycles. The fourth-order valence-corrected chi connectivity index (χ4v) is 8.78. The van der Waals surface area contributed by atoms with Crippen LogP contribution in [0.4, 0.5) is 0 Å². The summed E-state index contributed by atoms with van der Waals surface area (Å²) in [5.41, 5.74) is 0. The third-order valence-electron chi connectivity index (χ3n) is 11.3. The van der Waals surface area contributed by atoms with E-state index in [4.69, 9.17) is 37.0 Å². The molecule has 0 fully saturated rings. The topological polar surface area (TPSA) is 237 Å². The number of carbonyl (C=O) groups is 4. The Labute approximate surface area is 416 Å². The van der Waals surface area contributed by atoms with Gasteiger partial charge in [0.25, 0.3) is 0 Å². The minimum atomic E-state index is -4.91. The van der Waals surface area contributed by atoms with Gasteiger partial charge in [-0.1, -0.05) is 188 Å². The van der Waals surface area contributed by atoms with Crippen LogP contribution in [0.2, 0.25) is 0 Å². The minimum absolute atomic E-state index is 0.104. The Kier molecular flexibility index (Phi) is 44.6. The van der Waals surface area contributed by atoms with Crippen LogP contribution < -0.4 is 0 Å². The van der Waals surface area contributed by atoms with Crippen LogP contribution in [0, 0.1) is 0 Å². The lowest BCUT2D eigenvalue weighted by molar-refractivity contribution is -0.161. The van der Waals surface area contributed by atoms with Gasteiger partial charge in [0.15, 0.2) is 12.2 Å². The first kappa shape index (κ1) is 67.1. The summed E-state index contributed by atoms with van der Waals surface area (Å²) >= 11 is 0. The van der Waals surface area contributed by atoms with Crippen LogP contribution in [0.1, 0.15) is 240 Å². The van der Waals surface area contributed by atoms with E-state index >= 15 is 0 Å². The third kappa shape index (κ3) is 45.7. The Bertz CT molecular complexity index is 1370. The average molecular weight is 1030 g/mol. The smallest absolute Gasteiger partial charge is 0.462 e. The summed E-state index contributed by atoms with van der Waals surface area (Å²) in [5.74, 6) is -2.23. The molecule has 408 valence electrons. The number of aliphatic hydroxyl groups excluding tert-OH is 1. The van der Waals surface area contributed by atoms with Crippen molar-refractivity contribution in [2.24, 2.45) is 0 Å². The zero-order valence-electron chi connectivity index (χ0n) is 43.3. The van der Waals surface area contributed by atoms with Gasteiger partial charge in [-0.3, -0.25) is 37.3 Å². The first-order valence-corrected chi connectivity index (χ1v) is 29.8. The molecule has 5 atom stereocenters. The molecule has 0 aliphatic rings. The zero-order chi connectivity index (χ0) is 51.3. The molecule has 0 radical (unpaired) electrons. The number of carbonyl (C=O) groups excluding carboxylic acids is 4. The van der Waals surface area contributed by atoms with E-state index < -0.39 is 97.5 Å². The maximum Gasteiger partial charge on any atom is 0.472 e. The maximum atomic E-state index is 12.7. The Balaban J connectivity index is 4.88. The summed E-state index contributed by atoms with van der Waals surface area (Å²) in [6.07, 6.45) is 27.5. The van der Waals surface area contributed by atoms with E-state index in [0.717, 1.165) is 70.6 Å². The molecule has 69 heavy (non-hydrogen) atoms. The Morgan fingerprint density at radius 3 is 0.928 bits per heavy atom. The van der Waals surface area contributed by atoms with Crippen LogP contribution in [0.5, 0.6) is 0 Å². The van der Waals surface area contributed by atoms with Gasteiger partial charge in [-0.05, 0) is 25.7 Å². The number of aliphatic hydroxyl groups is 1. The lowest BCUT2D eigenvalue weighted by atomic mass is 10.0. The molecule has 0 bridgehead atoms. The van der Waals surface area contributed by atoms with Crippen LogP contribution in [-0.4, -0.2) is 96.7 Å². The summed E-state index contributed by atoms with van der Waals surface area (Å²) < 4.78 is 66.5. The fourth-order valence-electron chi connectivity index (χ4n) is 7.20. The number of phosphoric ester groups is 2. The first-order valence-electron chi connectivity index (χ1n) is 26.8. The lowest BCUT2D eigenvalue weighted by Gasteiger charge is -2.21. The molecule has 3 N–H and O–H groups in total. The fraction of sp³-hybridized carbons (Fsp3) is 0.920. The van der Waals surface area contributed by atoms with Crippen molar-refractivity contribution in [3.05, 3.63) is 0 Å². The number of unbranched alkanes of at least 4 members (excludes halogenated alkanes) is 25. The van der Waals surface area contributed by atoms with Crippen LogP contribution in [-0.2, 0) is 65.4 Å². The van der Waals surface area contributed by atoms with Gasteiger partial charge < -0.3 is 33.8 Å². The van der Waals surface area contributed by atoms with Crippen molar-refractivity contribution in [2.75, 3.05) is 39.6 Å². The molecular formula is C50H96O17P2. The number of phosphoric acid groups is 2. The molecule has 0 heterocycles. The Morgan fingerprint density at radius 2 is 0.609 bits per heavy atom. The van der Waals surface area contributed by atoms with Gasteiger partial charge in [0.05, 0.1) is 26.4 Å². The highest BCUT2D eigenvalue weighted by Gasteiger charge is 2.30. The van der Waals surface area contributed by atoms with Crippen molar-refractivity contribution in [2.45, 2.75) is 258 Å². The molecule has 0 saturated heterocycles. The van der Waals surface area contributed by atoms with E-state index in [1.54, 1.807) is 6.92 Å². The van der Waals surface area contributed by atoms with E-state index in [9.17, 15) is 43.2 Å². The van der Waals surface area contributed by atoms with E-state index in [0.29, 0.717) is 25.7 Å². The highest BCUT2D eigenvalue weighted by atomic mass is 31.2. The number of hydrogen-bond donors (Lipinski definition) is 3. The standard InChI is InChI=1S/C50H96O17P2/c1-5-9-12-15-17-19-20-21-22-23-24-26-28-30-33-36-49(54)66-45(40-60-47(52)34-8-4)42-64-68(56,57)62-38-44(51)39-63-69(58,59)65-43-46(41-61-48(53)35-31-14-11-7-3)67-50(55)37-32-29-27-25-18-16-13-10-6-2/h44-46,51H,5-43H2,1-4H3,(H,56,57)(H,58,59)/t44-,45+,46+/m0/s1. The van der Waals surface area contributed by atoms with E-state index in [-0.39, 0.29) is 25.7 Å². The molecule has 0 saturated carbocycles. The van der Waals surface area contributed by atoms with Crippen LogP contribution in [0.25, 0.3) is 0 Å². The molecule has 0 aliphatic heterocycles. The number of esters is 4. The predicted molar refractivity (Wildman–Crippen MR) is 266 cm³/mol. The third-order valence-corrected chi connectivity index (χ3v) is 13.2. The van der Waals surface area contributed by atoms with E-state index in [2.05, 4.69) is 13.8 Å². The summed E-state index contributed by atoms with van der Waals surface area (Å²) in [5, 5.41) is 10.4. The van der Waals surface area contributed by atoms with E-state index in [1.807, 2.05) is 6.92 Å². The molecule has 0 spiro atoms. The number of ether oxygens (including phenoxy) is 4. The Hall–Kier alpha value is -1.94. The highest BCUT2D eigenvalue weighted by Crippen LogP contribution is 2.45. The molecule has 0 aliphatic carbocycles. The Morgan fingerprint density at radius 1 is 0.348 bits per heavy atom. The van der Waals surface area contributed by atoms with Gasteiger partial charge >= 0.3 is 39.5 Å². The van der Waals surface area contributed by atoms with Crippen molar-refractivity contribution in [1.82, 2.24) is 0 Å². The SMILES string of the molecule is CCCCCCCCCCCCCCCCCC(=O)O[C@H](COC(=O)CCC)COP(=O)(O)OC[C@H](O)COP(=O)(O)OC[C@@H](COC(=O)CCCCCC)OC(=O)CCCCCCCCCCC. The van der Waals surface area contributed by atoms with Crippen molar-refractivity contribution < 1.29 is 80.2 Å². The summed E-state index contributed by atoms with van der Waals surface area (Å²) in [6, 6.07) is 0. The second-order valence-corrected chi connectivity index (χ2v) is 21.1. The summed E-state index contributed by atoms with van der Waals surface area (Å²) in [6.45, 7) is 4.26. The van der Waals surface area contributed by atoms with Crippen LogP contribution in [0.15, 0.2) is 0 Å². The molecule has 0 aromatic rings. The average Bonchev–Trinajstić information content (AvgIpc) is 3.31. The number of hydrogen-bond acceptors (Lipinski definition) is 15. The normalized spacial score (nSPS) is 14.6. The second-order valence-electron chi connectivity index (χ2n) is 18.2. The van der Waals surface area contributed by atoms with Gasteiger partial charge in [-0.25, -0.2) is 9.13 Å². The second kappa shape index (κ2) is 45.9. The highest BCUT2D eigenvalue weighted by molar-refractivity contribution is 7.47.